The maximum atomic E-state index is 13.0. The zero-order valence-corrected chi connectivity index (χ0v) is 15.1. The molecule has 1 aliphatic carbocycles. The van der Waals surface area contributed by atoms with Gasteiger partial charge in [-0.05, 0) is 55.7 Å². The lowest BCUT2D eigenvalue weighted by Gasteiger charge is -2.36. The third-order valence-corrected chi connectivity index (χ3v) is 6.05. The maximum Gasteiger partial charge on any atom is 0.289 e. The zero-order valence-electron chi connectivity index (χ0n) is 15.1. The summed E-state index contributed by atoms with van der Waals surface area (Å²) < 4.78 is 7.64. The van der Waals surface area contributed by atoms with Crippen LogP contribution in [0.25, 0.3) is 0 Å². The fourth-order valence-electron chi connectivity index (χ4n) is 4.49. The van der Waals surface area contributed by atoms with Gasteiger partial charge in [0.25, 0.3) is 5.91 Å². The first-order valence-electron chi connectivity index (χ1n) is 9.84. The molecule has 2 aromatic rings. The fourth-order valence-corrected chi connectivity index (χ4v) is 4.49. The van der Waals surface area contributed by atoms with E-state index >= 15 is 0 Å². The van der Waals surface area contributed by atoms with Gasteiger partial charge in [0.05, 0.1) is 6.54 Å². The summed E-state index contributed by atoms with van der Waals surface area (Å²) in [7, 11) is 0. The average Bonchev–Trinajstić information content (AvgIpc) is 3.22. The largest absolute Gasteiger partial charge is 0.454 e. The number of carbonyl (C=O) groups excluding carboxylic acids is 1. The van der Waals surface area contributed by atoms with Crippen molar-refractivity contribution in [1.29, 1.82) is 0 Å². The minimum absolute atomic E-state index is 0.0434. The van der Waals surface area contributed by atoms with Gasteiger partial charge in [0, 0.05) is 44.6 Å². The average molecular weight is 354 g/mol. The lowest BCUT2D eigenvalue weighted by atomic mass is 9.95. The van der Waals surface area contributed by atoms with Crippen LogP contribution in [0.3, 0.4) is 0 Å². The topological polar surface area (TPSA) is 54.5 Å². The van der Waals surface area contributed by atoms with Gasteiger partial charge >= 0.3 is 0 Å². The molecule has 6 rings (SSSR count). The number of furan rings is 1. The van der Waals surface area contributed by atoms with E-state index in [4.69, 9.17) is 4.42 Å². The Kier molecular flexibility index (Phi) is 4.08. The summed E-state index contributed by atoms with van der Waals surface area (Å²) in [5, 5.41) is 4.19. The number of hydrogen-bond donors (Lipinski definition) is 0. The van der Waals surface area contributed by atoms with Crippen LogP contribution in [0.1, 0.15) is 42.0 Å². The second-order valence-electron chi connectivity index (χ2n) is 8.17. The minimum Gasteiger partial charge on any atom is -0.454 e. The molecule has 0 radical (unpaired) electrons. The molecule has 6 nitrogen and oxygen atoms in total. The second-order valence-corrected chi connectivity index (χ2v) is 8.17. The number of rotatable bonds is 5. The van der Waals surface area contributed by atoms with Gasteiger partial charge < -0.3 is 9.32 Å². The summed E-state index contributed by atoms with van der Waals surface area (Å²) in [6.07, 6.45) is 8.90. The van der Waals surface area contributed by atoms with E-state index in [1.54, 1.807) is 10.9 Å². The van der Waals surface area contributed by atoms with E-state index < -0.39 is 0 Å². The molecule has 1 amide bonds. The number of aromatic nitrogens is 2. The molecule has 1 saturated carbocycles. The Morgan fingerprint density at radius 2 is 2.08 bits per heavy atom. The van der Waals surface area contributed by atoms with Crippen LogP contribution in [0.15, 0.2) is 35.0 Å². The SMILES string of the molecule is O=C(c1ccc(Cn2cccn2)o1)N1C[C@@H]2CC[C@H](C1)N(CC1CC1)C2. The van der Waals surface area contributed by atoms with Crippen LogP contribution in [-0.4, -0.2) is 57.7 Å². The first-order chi connectivity index (χ1) is 12.7. The van der Waals surface area contributed by atoms with Crippen molar-refractivity contribution in [3.8, 4) is 0 Å². The predicted octanol–water partition coefficient (Wildman–Crippen LogP) is 2.47. The normalized spacial score (nSPS) is 26.2. The molecule has 4 fully saturated rings. The Hall–Kier alpha value is -2.08. The van der Waals surface area contributed by atoms with Gasteiger partial charge in [0.1, 0.15) is 5.76 Å². The highest BCUT2D eigenvalue weighted by Gasteiger charge is 2.39. The van der Waals surface area contributed by atoms with E-state index in [9.17, 15) is 4.79 Å². The third kappa shape index (κ3) is 3.30. The minimum atomic E-state index is 0.0434. The van der Waals surface area contributed by atoms with Crippen molar-refractivity contribution in [2.45, 2.75) is 38.3 Å². The number of hydrogen-bond acceptors (Lipinski definition) is 4. The predicted molar refractivity (Wildman–Crippen MR) is 96.7 cm³/mol. The summed E-state index contributed by atoms with van der Waals surface area (Å²) in [5.41, 5.74) is 0. The van der Waals surface area contributed by atoms with E-state index in [1.165, 1.54) is 32.2 Å². The van der Waals surface area contributed by atoms with Crippen LogP contribution in [0.2, 0.25) is 0 Å². The van der Waals surface area contributed by atoms with E-state index in [0.29, 0.717) is 24.3 Å². The van der Waals surface area contributed by atoms with Crippen molar-refractivity contribution in [2.75, 3.05) is 26.2 Å². The number of nitrogens with zero attached hydrogens (tertiary/aromatic N) is 4. The molecule has 0 aromatic carbocycles. The van der Waals surface area contributed by atoms with Gasteiger partial charge in [-0.15, -0.1) is 0 Å². The number of piperidine rings is 1. The van der Waals surface area contributed by atoms with Gasteiger partial charge in [-0.1, -0.05) is 0 Å². The molecule has 5 heterocycles. The molecule has 2 bridgehead atoms. The number of fused-ring (bicyclic) bond motifs is 4. The lowest BCUT2D eigenvalue weighted by molar-refractivity contribution is 0.0703. The molecule has 4 aliphatic rings. The monoisotopic (exact) mass is 354 g/mol. The molecule has 0 spiro atoms. The van der Waals surface area contributed by atoms with Crippen LogP contribution < -0.4 is 0 Å². The first-order valence-corrected chi connectivity index (χ1v) is 9.84. The Morgan fingerprint density at radius 3 is 2.88 bits per heavy atom. The molecule has 0 unspecified atom stereocenters. The smallest absolute Gasteiger partial charge is 0.289 e. The Labute approximate surface area is 153 Å². The summed E-state index contributed by atoms with van der Waals surface area (Å²) in [5.74, 6) is 2.79. The second kappa shape index (κ2) is 6.58. The fraction of sp³-hybridized carbons (Fsp3) is 0.600. The highest BCUT2D eigenvalue weighted by atomic mass is 16.4. The quantitative estimate of drug-likeness (QED) is 0.828. The van der Waals surface area contributed by atoms with Crippen molar-refractivity contribution in [3.05, 3.63) is 42.1 Å². The van der Waals surface area contributed by atoms with Gasteiger partial charge in [-0.3, -0.25) is 14.4 Å². The van der Waals surface area contributed by atoms with Gasteiger partial charge in [0.2, 0.25) is 0 Å². The van der Waals surface area contributed by atoms with Crippen LogP contribution >= 0.6 is 0 Å². The molecule has 3 aliphatic heterocycles. The molecule has 138 valence electrons. The Bertz CT molecular complexity index is 765. The van der Waals surface area contributed by atoms with Crippen LogP contribution in [0.4, 0.5) is 0 Å². The van der Waals surface area contributed by atoms with Crippen molar-refractivity contribution in [1.82, 2.24) is 19.6 Å². The molecule has 2 atom stereocenters. The van der Waals surface area contributed by atoms with Crippen molar-refractivity contribution in [2.24, 2.45) is 11.8 Å². The van der Waals surface area contributed by atoms with Gasteiger partial charge in [-0.25, -0.2) is 0 Å². The lowest BCUT2D eigenvalue weighted by Crippen LogP contribution is -2.45. The van der Waals surface area contributed by atoms with Crippen LogP contribution in [0.5, 0.6) is 0 Å². The molecular weight excluding hydrogens is 328 g/mol. The molecule has 3 saturated heterocycles. The van der Waals surface area contributed by atoms with E-state index in [2.05, 4.69) is 10.00 Å². The molecule has 26 heavy (non-hydrogen) atoms. The standard InChI is InChI=1S/C20H26N4O2/c25-20(19-7-6-18(26-19)14-24-9-1-8-21-24)23-12-16-4-5-17(13-23)22(11-16)10-15-2-3-15/h1,6-9,15-17H,2-5,10-14H2/t16-,17-/m1/s1. The van der Waals surface area contributed by atoms with Crippen LogP contribution in [0, 0.1) is 11.8 Å². The molecular formula is C20H26N4O2. The maximum absolute atomic E-state index is 13.0. The van der Waals surface area contributed by atoms with Crippen LogP contribution in [-0.2, 0) is 6.54 Å². The summed E-state index contributed by atoms with van der Waals surface area (Å²) in [6.45, 7) is 4.66. The van der Waals surface area contributed by atoms with Gasteiger partial charge in [0.15, 0.2) is 5.76 Å². The van der Waals surface area contributed by atoms with Crippen molar-refractivity contribution >= 4 is 5.91 Å². The summed E-state index contributed by atoms with van der Waals surface area (Å²) in [6, 6.07) is 6.11. The molecule has 0 N–H and O–H groups in total. The third-order valence-electron chi connectivity index (χ3n) is 6.05. The van der Waals surface area contributed by atoms with E-state index in [1.807, 2.05) is 29.3 Å². The highest BCUT2D eigenvalue weighted by Crippen LogP contribution is 2.35. The summed E-state index contributed by atoms with van der Waals surface area (Å²) in [4.78, 5) is 17.7. The highest BCUT2D eigenvalue weighted by molar-refractivity contribution is 5.91. The number of carbonyl (C=O) groups is 1. The molecule has 6 heteroatoms. The van der Waals surface area contributed by atoms with E-state index in [-0.39, 0.29) is 5.91 Å². The Balaban J connectivity index is 1.27. The Morgan fingerprint density at radius 1 is 1.15 bits per heavy atom. The van der Waals surface area contributed by atoms with Crippen molar-refractivity contribution in [3.63, 3.8) is 0 Å². The van der Waals surface area contributed by atoms with Crippen molar-refractivity contribution < 1.29 is 9.21 Å². The van der Waals surface area contributed by atoms with Gasteiger partial charge in [-0.2, -0.15) is 5.10 Å². The van der Waals surface area contributed by atoms with E-state index in [0.717, 1.165) is 31.3 Å². The zero-order chi connectivity index (χ0) is 17.5. The number of amides is 1. The first kappa shape index (κ1) is 16.1. The molecule has 2 aromatic heterocycles. The summed E-state index contributed by atoms with van der Waals surface area (Å²) >= 11 is 0.